The van der Waals surface area contributed by atoms with Gasteiger partial charge in [0.05, 0.1) is 10.9 Å². The number of rotatable bonds is 5. The summed E-state index contributed by atoms with van der Waals surface area (Å²) in [6.45, 7) is 2.06. The summed E-state index contributed by atoms with van der Waals surface area (Å²) < 4.78 is 35.5. The van der Waals surface area contributed by atoms with Gasteiger partial charge in [0.25, 0.3) is 0 Å². The topological polar surface area (TPSA) is 71.7 Å². The van der Waals surface area contributed by atoms with Gasteiger partial charge in [-0.1, -0.05) is 0 Å². The number of aromatic hydroxyl groups is 1. The summed E-state index contributed by atoms with van der Waals surface area (Å²) in [7, 11) is 0. The molecule has 5 nitrogen and oxygen atoms in total. The molecule has 1 saturated heterocycles. The van der Waals surface area contributed by atoms with Gasteiger partial charge in [-0.15, -0.1) is 0 Å². The third-order valence-electron chi connectivity index (χ3n) is 7.43. The van der Waals surface area contributed by atoms with Crippen LogP contribution in [0.4, 0.5) is 8.78 Å². The molecule has 0 spiro atoms. The fourth-order valence-electron chi connectivity index (χ4n) is 5.60. The van der Waals surface area contributed by atoms with Crippen molar-refractivity contribution in [2.75, 3.05) is 19.9 Å². The van der Waals surface area contributed by atoms with Gasteiger partial charge in [-0.2, -0.15) is 0 Å². The minimum atomic E-state index is -1.35. The molecule has 2 N–H and O–H groups in total. The highest BCUT2D eigenvalue weighted by Crippen LogP contribution is 2.56. The summed E-state index contributed by atoms with van der Waals surface area (Å²) in [6, 6.07) is 10.2. The second-order valence-electron chi connectivity index (χ2n) is 9.48. The van der Waals surface area contributed by atoms with E-state index >= 15 is 0 Å². The molecule has 1 aromatic heterocycles. The number of aromatic nitrogens is 1. The molecule has 0 unspecified atom stereocenters. The van der Waals surface area contributed by atoms with Gasteiger partial charge in [0, 0.05) is 35.9 Å². The molecular formula is C26H27F2NO4. The van der Waals surface area contributed by atoms with Gasteiger partial charge in [-0.3, -0.25) is 4.79 Å². The Labute approximate surface area is 190 Å². The number of carboxylic acids is 1. The van der Waals surface area contributed by atoms with E-state index in [1.807, 2.05) is 6.07 Å². The van der Waals surface area contributed by atoms with E-state index in [-0.39, 0.29) is 36.2 Å². The lowest BCUT2D eigenvalue weighted by Gasteiger charge is -2.43. The quantitative estimate of drug-likeness (QED) is 0.526. The molecule has 3 aromatic rings. The SMILES string of the molecule is Cc1cc(-n2c(C3CCOCC3)c(C3CC(CF)(C(=O)O)C3)c3cc(O)ccc32)ccc1F. The van der Waals surface area contributed by atoms with Crippen LogP contribution in [0, 0.1) is 18.2 Å². The number of benzene rings is 2. The van der Waals surface area contributed by atoms with E-state index in [0.29, 0.717) is 18.8 Å². The van der Waals surface area contributed by atoms with Crippen molar-refractivity contribution in [2.24, 2.45) is 5.41 Å². The number of carboxylic acid groups (broad SMARTS) is 1. The highest BCUT2D eigenvalue weighted by molar-refractivity contribution is 5.90. The van der Waals surface area contributed by atoms with Crippen molar-refractivity contribution in [3.05, 3.63) is 59.0 Å². The van der Waals surface area contributed by atoms with Crippen molar-refractivity contribution in [2.45, 2.75) is 44.4 Å². The molecule has 0 atom stereocenters. The number of hydrogen-bond acceptors (Lipinski definition) is 3. The van der Waals surface area contributed by atoms with E-state index in [0.717, 1.165) is 40.7 Å². The molecule has 2 aromatic carbocycles. The first kappa shape index (κ1) is 21.9. The molecule has 5 rings (SSSR count). The smallest absolute Gasteiger partial charge is 0.312 e. The number of carbonyl (C=O) groups is 1. The summed E-state index contributed by atoms with van der Waals surface area (Å²) in [4.78, 5) is 11.8. The molecule has 2 fully saturated rings. The summed E-state index contributed by atoms with van der Waals surface area (Å²) in [6.07, 6.45) is 2.03. The molecule has 0 amide bonds. The van der Waals surface area contributed by atoms with Crippen LogP contribution in [0.3, 0.4) is 0 Å². The molecule has 1 aliphatic carbocycles. The van der Waals surface area contributed by atoms with Gasteiger partial charge in [-0.05, 0) is 86.1 Å². The number of ether oxygens (including phenoxy) is 1. The van der Waals surface area contributed by atoms with Crippen molar-refractivity contribution in [1.29, 1.82) is 0 Å². The van der Waals surface area contributed by atoms with Crippen LogP contribution in [-0.4, -0.2) is 40.6 Å². The number of nitrogens with zero attached hydrogens (tertiary/aromatic N) is 1. The van der Waals surface area contributed by atoms with E-state index in [9.17, 15) is 23.8 Å². The molecule has 33 heavy (non-hydrogen) atoms. The van der Waals surface area contributed by atoms with Crippen molar-refractivity contribution in [1.82, 2.24) is 4.57 Å². The Hall–Kier alpha value is -2.93. The lowest BCUT2D eigenvalue weighted by atomic mass is 9.59. The van der Waals surface area contributed by atoms with Crippen LogP contribution in [-0.2, 0) is 9.53 Å². The number of alkyl halides is 1. The number of halogens is 2. The summed E-state index contributed by atoms with van der Waals surface area (Å²) in [5.41, 5.74) is 2.86. The summed E-state index contributed by atoms with van der Waals surface area (Å²) in [5, 5.41) is 20.8. The maximum atomic E-state index is 14.1. The Morgan fingerprint density at radius 2 is 1.88 bits per heavy atom. The van der Waals surface area contributed by atoms with Gasteiger partial charge < -0.3 is 19.5 Å². The van der Waals surface area contributed by atoms with Gasteiger partial charge in [0.2, 0.25) is 0 Å². The van der Waals surface area contributed by atoms with Crippen molar-refractivity contribution < 1.29 is 28.5 Å². The fraction of sp³-hybridized carbons (Fsp3) is 0.423. The lowest BCUT2D eigenvalue weighted by molar-refractivity contribution is -0.157. The third-order valence-corrected chi connectivity index (χ3v) is 7.43. The Bertz CT molecular complexity index is 1220. The van der Waals surface area contributed by atoms with E-state index in [4.69, 9.17) is 4.74 Å². The third kappa shape index (κ3) is 3.50. The summed E-state index contributed by atoms with van der Waals surface area (Å²) >= 11 is 0. The predicted octanol–water partition coefficient (Wildman–Crippen LogP) is 5.60. The van der Waals surface area contributed by atoms with Crippen molar-refractivity contribution in [3.63, 3.8) is 0 Å². The Morgan fingerprint density at radius 1 is 1.15 bits per heavy atom. The van der Waals surface area contributed by atoms with Gasteiger partial charge in [-0.25, -0.2) is 8.78 Å². The minimum absolute atomic E-state index is 0.115. The largest absolute Gasteiger partial charge is 0.508 e. The molecule has 174 valence electrons. The van der Waals surface area contributed by atoms with Crippen LogP contribution >= 0.6 is 0 Å². The molecule has 7 heteroatoms. The summed E-state index contributed by atoms with van der Waals surface area (Å²) in [5.74, 6) is -1.26. The van der Waals surface area contributed by atoms with Crippen LogP contribution < -0.4 is 0 Å². The van der Waals surface area contributed by atoms with Crippen LogP contribution in [0.25, 0.3) is 16.6 Å². The number of fused-ring (bicyclic) bond motifs is 1. The monoisotopic (exact) mass is 455 g/mol. The first-order valence-corrected chi connectivity index (χ1v) is 11.4. The van der Waals surface area contributed by atoms with Gasteiger partial charge in [0.15, 0.2) is 0 Å². The molecule has 2 aliphatic rings. The van der Waals surface area contributed by atoms with Crippen LogP contribution in [0.5, 0.6) is 5.75 Å². The molecular weight excluding hydrogens is 428 g/mol. The average Bonchev–Trinajstić information content (AvgIpc) is 3.10. The molecule has 0 bridgehead atoms. The highest BCUT2D eigenvalue weighted by atomic mass is 19.1. The first-order valence-electron chi connectivity index (χ1n) is 11.4. The zero-order chi connectivity index (χ0) is 23.3. The predicted molar refractivity (Wildman–Crippen MR) is 120 cm³/mol. The van der Waals surface area contributed by atoms with Gasteiger partial charge >= 0.3 is 5.97 Å². The van der Waals surface area contributed by atoms with Crippen molar-refractivity contribution in [3.8, 4) is 11.4 Å². The van der Waals surface area contributed by atoms with Gasteiger partial charge in [0.1, 0.15) is 18.2 Å². The highest BCUT2D eigenvalue weighted by Gasteiger charge is 2.52. The standard InChI is InChI=1S/C26H27F2NO4/c1-15-10-18(2-4-21(15)28)29-22-5-3-19(30)11-20(22)23(24(29)16-6-8-33-9-7-16)17-12-26(13-17,14-27)25(31)32/h2-5,10-11,16-17,30H,6-9,12-14H2,1H3,(H,31,32). The maximum Gasteiger partial charge on any atom is 0.312 e. The van der Waals surface area contributed by atoms with E-state index in [2.05, 4.69) is 4.57 Å². The van der Waals surface area contributed by atoms with Crippen LogP contribution in [0.2, 0.25) is 0 Å². The first-order chi connectivity index (χ1) is 15.8. The molecule has 0 radical (unpaired) electrons. The zero-order valence-electron chi connectivity index (χ0n) is 18.5. The maximum absolute atomic E-state index is 14.1. The number of phenols is 1. The lowest BCUT2D eigenvalue weighted by Crippen LogP contribution is -2.44. The Morgan fingerprint density at radius 3 is 2.52 bits per heavy atom. The minimum Gasteiger partial charge on any atom is -0.508 e. The van der Waals surface area contributed by atoms with Crippen molar-refractivity contribution >= 4 is 16.9 Å². The van der Waals surface area contributed by atoms with E-state index < -0.39 is 18.1 Å². The molecule has 2 heterocycles. The zero-order valence-corrected chi connectivity index (χ0v) is 18.5. The average molecular weight is 456 g/mol. The van der Waals surface area contributed by atoms with Crippen LogP contribution in [0.15, 0.2) is 36.4 Å². The Kier molecular flexibility index (Phi) is 5.40. The second-order valence-corrected chi connectivity index (χ2v) is 9.48. The molecule has 1 aliphatic heterocycles. The van der Waals surface area contributed by atoms with E-state index in [1.54, 1.807) is 31.2 Å². The van der Waals surface area contributed by atoms with E-state index in [1.165, 1.54) is 6.07 Å². The Balaban J connectivity index is 1.75. The number of hydrogen-bond donors (Lipinski definition) is 2. The number of aryl methyl sites for hydroxylation is 1. The second kappa shape index (κ2) is 8.13. The molecule has 1 saturated carbocycles. The number of aliphatic carboxylic acids is 1. The van der Waals surface area contributed by atoms with Crippen LogP contribution in [0.1, 0.15) is 54.3 Å². The number of phenolic OH excluding ortho intramolecular Hbond substituents is 1. The fourth-order valence-corrected chi connectivity index (χ4v) is 5.60. The normalized spacial score (nSPS) is 23.5.